The van der Waals surface area contributed by atoms with E-state index in [1.54, 1.807) is 26.0 Å². The van der Waals surface area contributed by atoms with Crippen LogP contribution in [-0.2, 0) is 19.6 Å². The molecule has 8 heteroatoms. The second-order valence-corrected chi connectivity index (χ2v) is 9.27. The molecule has 1 unspecified atom stereocenters. The van der Waals surface area contributed by atoms with Crippen LogP contribution in [0.2, 0.25) is 0 Å². The molecule has 156 valence electrons. The summed E-state index contributed by atoms with van der Waals surface area (Å²) in [6, 6.07) is 9.89. The highest BCUT2D eigenvalue weighted by molar-refractivity contribution is 7.89. The number of sulfonamides is 1. The van der Waals surface area contributed by atoms with Gasteiger partial charge in [0.1, 0.15) is 0 Å². The molecule has 0 fully saturated rings. The molecule has 0 radical (unpaired) electrons. The van der Waals surface area contributed by atoms with Crippen LogP contribution in [0.4, 0.5) is 5.69 Å². The summed E-state index contributed by atoms with van der Waals surface area (Å²) < 4.78 is 31.0. The monoisotopic (exact) mass is 418 g/mol. The van der Waals surface area contributed by atoms with Crippen molar-refractivity contribution in [2.45, 2.75) is 38.7 Å². The SMILES string of the molecule is Cc1ccc(C)c(C(=O)OC(C)C(=O)Nc2cc(S(=O)(=O)N(C)C)ccc2C)c1. The topological polar surface area (TPSA) is 92.8 Å². The third-order valence-electron chi connectivity index (χ3n) is 4.51. The third kappa shape index (κ3) is 5.21. The largest absolute Gasteiger partial charge is 0.449 e. The fourth-order valence-corrected chi connectivity index (χ4v) is 3.50. The van der Waals surface area contributed by atoms with Gasteiger partial charge >= 0.3 is 5.97 Å². The molecule has 0 spiro atoms. The molecule has 7 nitrogen and oxygen atoms in total. The van der Waals surface area contributed by atoms with Gasteiger partial charge in [-0.15, -0.1) is 0 Å². The summed E-state index contributed by atoms with van der Waals surface area (Å²) in [6.45, 7) is 6.87. The van der Waals surface area contributed by atoms with Gasteiger partial charge in [-0.25, -0.2) is 17.5 Å². The smallest absolute Gasteiger partial charge is 0.339 e. The molecule has 0 bridgehead atoms. The zero-order valence-corrected chi connectivity index (χ0v) is 18.3. The number of benzene rings is 2. The Bertz CT molecular complexity index is 1050. The number of rotatable bonds is 6. The highest BCUT2D eigenvalue weighted by atomic mass is 32.2. The van der Waals surface area contributed by atoms with Crippen LogP contribution in [0.3, 0.4) is 0 Å². The van der Waals surface area contributed by atoms with Crippen LogP contribution in [0.25, 0.3) is 0 Å². The van der Waals surface area contributed by atoms with E-state index in [0.29, 0.717) is 16.8 Å². The summed E-state index contributed by atoms with van der Waals surface area (Å²) in [5.74, 6) is -1.14. The number of carbonyl (C=O) groups is 2. The van der Waals surface area contributed by atoms with Gasteiger partial charge in [-0.05, 0) is 57.0 Å². The Kier molecular flexibility index (Phi) is 6.81. The molecule has 1 N–H and O–H groups in total. The summed E-state index contributed by atoms with van der Waals surface area (Å²) in [5, 5.41) is 2.65. The molecule has 0 heterocycles. The van der Waals surface area contributed by atoms with Gasteiger partial charge < -0.3 is 10.1 Å². The van der Waals surface area contributed by atoms with E-state index in [1.807, 2.05) is 19.1 Å². The third-order valence-corrected chi connectivity index (χ3v) is 6.32. The molecule has 1 atom stereocenters. The number of hydrogen-bond donors (Lipinski definition) is 1. The van der Waals surface area contributed by atoms with Crippen molar-refractivity contribution in [1.82, 2.24) is 4.31 Å². The van der Waals surface area contributed by atoms with Crippen LogP contribution >= 0.6 is 0 Å². The lowest BCUT2D eigenvalue weighted by atomic mass is 10.1. The number of hydrogen-bond acceptors (Lipinski definition) is 5. The number of aryl methyl sites for hydroxylation is 3. The minimum Gasteiger partial charge on any atom is -0.449 e. The fourth-order valence-electron chi connectivity index (χ4n) is 2.57. The second-order valence-electron chi connectivity index (χ2n) is 7.12. The van der Waals surface area contributed by atoms with E-state index >= 15 is 0 Å². The zero-order chi connectivity index (χ0) is 21.9. The predicted octanol–water partition coefficient (Wildman–Crippen LogP) is 3.05. The van der Waals surface area contributed by atoms with Crippen molar-refractivity contribution in [2.75, 3.05) is 19.4 Å². The predicted molar refractivity (Wildman–Crippen MR) is 111 cm³/mol. The molecule has 1 amide bonds. The van der Waals surface area contributed by atoms with Gasteiger partial charge in [0, 0.05) is 19.8 Å². The normalized spacial score (nSPS) is 12.5. The van der Waals surface area contributed by atoms with Crippen LogP contribution in [0.1, 0.15) is 34.0 Å². The van der Waals surface area contributed by atoms with Crippen molar-refractivity contribution in [3.05, 3.63) is 58.7 Å². The van der Waals surface area contributed by atoms with Crippen molar-refractivity contribution in [3.63, 3.8) is 0 Å². The van der Waals surface area contributed by atoms with Crippen LogP contribution in [0.15, 0.2) is 41.3 Å². The van der Waals surface area contributed by atoms with E-state index < -0.39 is 28.0 Å². The molecule has 29 heavy (non-hydrogen) atoms. The van der Waals surface area contributed by atoms with Gasteiger partial charge in [0.05, 0.1) is 10.5 Å². The molecule has 2 rings (SSSR count). The molecule has 0 aliphatic carbocycles. The number of anilines is 1. The molecule has 2 aromatic rings. The van der Waals surface area contributed by atoms with E-state index in [4.69, 9.17) is 4.74 Å². The van der Waals surface area contributed by atoms with Crippen molar-refractivity contribution in [3.8, 4) is 0 Å². The Labute approximate surface area is 171 Å². The van der Waals surface area contributed by atoms with Gasteiger partial charge in [0.25, 0.3) is 5.91 Å². The number of nitrogens with zero attached hydrogens (tertiary/aromatic N) is 1. The lowest BCUT2D eigenvalue weighted by Gasteiger charge is -2.17. The second kappa shape index (κ2) is 8.75. The summed E-state index contributed by atoms with van der Waals surface area (Å²) in [5.41, 5.74) is 3.09. The Morgan fingerprint density at radius 1 is 1.00 bits per heavy atom. The summed E-state index contributed by atoms with van der Waals surface area (Å²) in [6.07, 6.45) is -1.06. The van der Waals surface area contributed by atoms with Gasteiger partial charge in [0.15, 0.2) is 6.10 Å². The van der Waals surface area contributed by atoms with Gasteiger partial charge in [-0.3, -0.25) is 4.79 Å². The van der Waals surface area contributed by atoms with Crippen molar-refractivity contribution in [2.24, 2.45) is 0 Å². The first kappa shape index (κ1) is 22.6. The lowest BCUT2D eigenvalue weighted by molar-refractivity contribution is -0.123. The highest BCUT2D eigenvalue weighted by Gasteiger charge is 2.22. The lowest BCUT2D eigenvalue weighted by Crippen LogP contribution is -2.30. The van der Waals surface area contributed by atoms with Crippen molar-refractivity contribution >= 4 is 27.6 Å². The standard InChI is InChI=1S/C21H26N2O5S/c1-13-7-8-14(2)18(11-13)21(25)28-16(4)20(24)22-19-12-17(10-9-15(19)3)29(26,27)23(5)6/h7-12,16H,1-6H3,(H,22,24). The first-order chi connectivity index (χ1) is 13.4. The van der Waals surface area contributed by atoms with Crippen LogP contribution in [0.5, 0.6) is 0 Å². The Balaban J connectivity index is 2.17. The summed E-state index contributed by atoms with van der Waals surface area (Å²) in [7, 11) is -0.774. The van der Waals surface area contributed by atoms with E-state index in [2.05, 4.69) is 5.32 Å². The zero-order valence-electron chi connectivity index (χ0n) is 17.4. The minimum atomic E-state index is -3.64. The van der Waals surface area contributed by atoms with Crippen LogP contribution < -0.4 is 5.32 Å². The first-order valence-electron chi connectivity index (χ1n) is 9.05. The number of carbonyl (C=O) groups excluding carboxylic acids is 2. The minimum absolute atomic E-state index is 0.0587. The maximum Gasteiger partial charge on any atom is 0.339 e. The molecule has 0 aliphatic rings. The Morgan fingerprint density at radius 3 is 2.24 bits per heavy atom. The van der Waals surface area contributed by atoms with Gasteiger partial charge in [-0.2, -0.15) is 0 Å². The maximum atomic E-state index is 12.5. The molecule has 0 saturated carbocycles. The Hall–Kier alpha value is -2.71. The number of nitrogens with one attached hydrogen (secondary N) is 1. The summed E-state index contributed by atoms with van der Waals surface area (Å²) >= 11 is 0. The fraction of sp³-hybridized carbons (Fsp3) is 0.333. The summed E-state index contributed by atoms with van der Waals surface area (Å²) in [4.78, 5) is 25.0. The number of ether oxygens (including phenoxy) is 1. The average molecular weight is 419 g/mol. The maximum absolute atomic E-state index is 12.5. The molecule has 0 saturated heterocycles. The van der Waals surface area contributed by atoms with E-state index in [1.165, 1.54) is 33.2 Å². The van der Waals surface area contributed by atoms with E-state index in [9.17, 15) is 18.0 Å². The number of amides is 1. The number of esters is 1. The van der Waals surface area contributed by atoms with Gasteiger partial charge in [0.2, 0.25) is 10.0 Å². The van der Waals surface area contributed by atoms with Crippen molar-refractivity contribution < 1.29 is 22.7 Å². The highest BCUT2D eigenvalue weighted by Crippen LogP contribution is 2.22. The molecule has 2 aromatic carbocycles. The van der Waals surface area contributed by atoms with Crippen LogP contribution in [0, 0.1) is 20.8 Å². The van der Waals surface area contributed by atoms with E-state index in [-0.39, 0.29) is 4.90 Å². The average Bonchev–Trinajstić information content (AvgIpc) is 2.64. The quantitative estimate of drug-likeness (QED) is 0.728. The van der Waals surface area contributed by atoms with Crippen molar-refractivity contribution in [1.29, 1.82) is 0 Å². The molecule has 0 aromatic heterocycles. The molecule has 0 aliphatic heterocycles. The van der Waals surface area contributed by atoms with E-state index in [0.717, 1.165) is 15.4 Å². The molecular formula is C21H26N2O5S. The van der Waals surface area contributed by atoms with Crippen LogP contribution in [-0.4, -0.2) is 44.8 Å². The van der Waals surface area contributed by atoms with Gasteiger partial charge in [-0.1, -0.05) is 23.8 Å². The Morgan fingerprint density at radius 2 is 1.62 bits per heavy atom. The first-order valence-corrected chi connectivity index (χ1v) is 10.5. The molecular weight excluding hydrogens is 392 g/mol.